The number of rotatable bonds is 10. The van der Waals surface area contributed by atoms with Crippen LogP contribution in [-0.4, -0.2) is 21.9 Å². The van der Waals surface area contributed by atoms with Crippen LogP contribution in [0, 0.1) is 0 Å². The van der Waals surface area contributed by atoms with E-state index >= 15 is 0 Å². The number of thioether (sulfide) groups is 2. The van der Waals surface area contributed by atoms with Gasteiger partial charge in [0.25, 0.3) is 0 Å². The molecule has 25 heavy (non-hydrogen) atoms. The molecule has 0 saturated heterocycles. The Balaban J connectivity index is 0.00000277. The molecule has 0 aliphatic carbocycles. The molecule has 1 N–H and O–H groups in total. The van der Waals surface area contributed by atoms with Crippen molar-refractivity contribution in [1.29, 1.82) is 0 Å². The Kier molecular flexibility index (Phi) is 13.8. The highest BCUT2D eigenvalue weighted by molar-refractivity contribution is 8.17. The summed E-state index contributed by atoms with van der Waals surface area (Å²) in [6.45, 7) is 12.0. The molecule has 0 atom stereocenters. The van der Waals surface area contributed by atoms with Crippen LogP contribution >= 0.6 is 23.5 Å². The van der Waals surface area contributed by atoms with Crippen molar-refractivity contribution in [3.63, 3.8) is 0 Å². The molecule has 0 unspecified atom stereocenters. The van der Waals surface area contributed by atoms with Gasteiger partial charge in [-0.2, -0.15) is 11.8 Å². The van der Waals surface area contributed by atoms with Crippen molar-refractivity contribution in [1.82, 2.24) is 0 Å². The third kappa shape index (κ3) is 11.6. The monoisotopic (exact) mass is 380 g/mol. The third-order valence-corrected chi connectivity index (χ3v) is 4.82. The maximum absolute atomic E-state index is 10.7. The number of carboxylic acids is 1. The number of carboxylic acid groups (broad SMARTS) is 1. The second-order valence-corrected chi connectivity index (χ2v) is 7.30. The molecule has 138 valence electrons. The van der Waals surface area contributed by atoms with Gasteiger partial charge >= 0.3 is 5.97 Å². The summed E-state index contributed by atoms with van der Waals surface area (Å²) < 4.78 is 5.77. The van der Waals surface area contributed by atoms with Gasteiger partial charge < -0.3 is 9.84 Å². The van der Waals surface area contributed by atoms with Crippen LogP contribution in [0.2, 0.25) is 0 Å². The molecule has 0 aliphatic heterocycles. The Labute approximate surface area is 160 Å². The molecule has 0 bridgehead atoms. The summed E-state index contributed by atoms with van der Waals surface area (Å²) in [5.74, 6) is 1.66. The predicted molar refractivity (Wildman–Crippen MR) is 112 cm³/mol. The van der Waals surface area contributed by atoms with Gasteiger partial charge in [-0.1, -0.05) is 39.5 Å². The summed E-state index contributed by atoms with van der Waals surface area (Å²) in [6, 6.07) is 7.07. The smallest absolute Gasteiger partial charge is 0.307 e. The predicted octanol–water partition coefficient (Wildman–Crippen LogP) is 6.14. The summed E-state index contributed by atoms with van der Waals surface area (Å²) in [5.41, 5.74) is 0.751. The van der Waals surface area contributed by atoms with Gasteiger partial charge in [-0.15, -0.1) is 11.8 Å². The largest absolute Gasteiger partial charge is 0.481 e. The lowest BCUT2D eigenvalue weighted by molar-refractivity contribution is -0.136. The lowest BCUT2D eigenvalue weighted by atomic mass is 10.1. The van der Waals surface area contributed by atoms with Crippen LogP contribution in [0.5, 0.6) is 5.75 Å². The van der Waals surface area contributed by atoms with E-state index in [1.54, 1.807) is 36.0 Å². The number of benzene rings is 1. The van der Waals surface area contributed by atoms with Crippen molar-refractivity contribution >= 4 is 29.5 Å². The lowest BCUT2D eigenvalue weighted by Crippen LogP contribution is -1.99. The van der Waals surface area contributed by atoms with Gasteiger partial charge in [0.15, 0.2) is 0 Å². The summed E-state index contributed by atoms with van der Waals surface area (Å²) >= 11 is 3.58. The van der Waals surface area contributed by atoms with E-state index < -0.39 is 5.97 Å². The fourth-order valence-corrected chi connectivity index (χ4v) is 3.37. The average Bonchev–Trinajstić information content (AvgIpc) is 2.61. The van der Waals surface area contributed by atoms with E-state index in [1.165, 1.54) is 0 Å². The van der Waals surface area contributed by atoms with Crippen LogP contribution < -0.4 is 4.74 Å². The molecule has 5 heteroatoms. The van der Waals surface area contributed by atoms with Gasteiger partial charge in [-0.3, -0.25) is 4.79 Å². The number of hydrogen-bond acceptors (Lipinski definition) is 4. The Hall–Kier alpha value is -1.59. The molecular weight excluding hydrogens is 352 g/mol. The topological polar surface area (TPSA) is 46.5 Å². The SMILES string of the molecule is C=C(/C=C\C(=C/C)Oc1ccc(CC(=O)O)cc1)SCSCC.CC. The zero-order valence-corrected chi connectivity index (χ0v) is 17.1. The Morgan fingerprint density at radius 2 is 1.88 bits per heavy atom. The first-order valence-corrected chi connectivity index (χ1v) is 10.4. The highest BCUT2D eigenvalue weighted by Crippen LogP contribution is 2.22. The van der Waals surface area contributed by atoms with Crippen LogP contribution in [0.1, 0.15) is 33.3 Å². The Morgan fingerprint density at radius 3 is 2.40 bits per heavy atom. The van der Waals surface area contributed by atoms with Crippen molar-refractivity contribution in [3.05, 3.63) is 65.3 Å². The van der Waals surface area contributed by atoms with E-state index in [9.17, 15) is 4.79 Å². The van der Waals surface area contributed by atoms with Gasteiger partial charge in [-0.25, -0.2) is 0 Å². The summed E-state index contributed by atoms with van der Waals surface area (Å²) in [7, 11) is 0. The van der Waals surface area contributed by atoms with E-state index in [4.69, 9.17) is 9.84 Å². The third-order valence-electron chi connectivity index (χ3n) is 2.76. The molecule has 0 saturated carbocycles. The van der Waals surface area contributed by atoms with E-state index in [0.29, 0.717) is 5.75 Å². The molecule has 0 amide bonds. The fraction of sp³-hybridized carbons (Fsp3) is 0.350. The average molecular weight is 381 g/mol. The van der Waals surface area contributed by atoms with Crippen molar-refractivity contribution in [3.8, 4) is 5.75 Å². The van der Waals surface area contributed by atoms with Crippen LogP contribution in [-0.2, 0) is 11.2 Å². The van der Waals surface area contributed by atoms with Gasteiger partial charge in [0.05, 0.1) is 6.42 Å². The summed E-state index contributed by atoms with van der Waals surface area (Å²) in [4.78, 5) is 11.7. The molecule has 3 nitrogen and oxygen atoms in total. The first-order valence-electron chi connectivity index (χ1n) is 8.27. The fourth-order valence-electron chi connectivity index (χ4n) is 1.60. The lowest BCUT2D eigenvalue weighted by Gasteiger charge is -2.07. The second-order valence-electron chi connectivity index (χ2n) is 4.56. The molecule has 0 radical (unpaired) electrons. The molecule has 1 aromatic carbocycles. The van der Waals surface area contributed by atoms with E-state index in [0.717, 1.165) is 27.1 Å². The number of allylic oxidation sites excluding steroid dienone is 3. The normalized spacial score (nSPS) is 11.0. The van der Waals surface area contributed by atoms with E-state index in [-0.39, 0.29) is 6.42 Å². The van der Waals surface area contributed by atoms with Crippen LogP contribution in [0.25, 0.3) is 0 Å². The number of aliphatic carboxylic acids is 1. The van der Waals surface area contributed by atoms with Crippen LogP contribution in [0.15, 0.2) is 59.7 Å². The molecule has 1 aromatic rings. The van der Waals surface area contributed by atoms with Crippen molar-refractivity contribution in [2.45, 2.75) is 34.1 Å². The van der Waals surface area contributed by atoms with Gasteiger partial charge in [-0.05, 0) is 48.6 Å². The molecule has 0 spiro atoms. The molecular formula is C20H28O3S2. The van der Waals surface area contributed by atoms with E-state index in [1.807, 2.05) is 50.8 Å². The molecule has 1 rings (SSSR count). The maximum Gasteiger partial charge on any atom is 0.307 e. The minimum absolute atomic E-state index is 0.0173. The summed E-state index contributed by atoms with van der Waals surface area (Å²) in [6.07, 6.45) is 5.72. The molecule has 0 fully saturated rings. The molecule has 0 aromatic heterocycles. The van der Waals surface area contributed by atoms with E-state index in [2.05, 4.69) is 13.5 Å². The quantitative estimate of drug-likeness (QED) is 0.229. The van der Waals surface area contributed by atoms with Crippen LogP contribution in [0.4, 0.5) is 0 Å². The standard InChI is InChI=1S/C18H22O3S2.C2H6/c1-4-16(9-6-14(3)23-13-22-5-2)21-17-10-7-15(8-11-17)12-18(19)20;1-2/h4,6-11H,3,5,12-13H2,1-2H3,(H,19,20);1-2H3/b9-6-,16-4+;. The first-order chi connectivity index (χ1) is 12.0. The molecule has 0 heterocycles. The Bertz CT molecular complexity index is 575. The first kappa shape index (κ1) is 23.4. The number of ether oxygens (including phenoxy) is 1. The van der Waals surface area contributed by atoms with Crippen LogP contribution in [0.3, 0.4) is 0 Å². The zero-order chi connectivity index (χ0) is 19.1. The number of hydrogen-bond donors (Lipinski definition) is 1. The van der Waals surface area contributed by atoms with Gasteiger partial charge in [0.2, 0.25) is 0 Å². The van der Waals surface area contributed by atoms with Crippen molar-refractivity contribution in [2.75, 3.05) is 10.8 Å². The number of carbonyl (C=O) groups is 1. The minimum atomic E-state index is -0.840. The summed E-state index contributed by atoms with van der Waals surface area (Å²) in [5, 5.41) is 9.75. The highest BCUT2D eigenvalue weighted by atomic mass is 32.2. The van der Waals surface area contributed by atoms with Crippen molar-refractivity contribution < 1.29 is 14.6 Å². The van der Waals surface area contributed by atoms with Gasteiger partial charge in [0.1, 0.15) is 11.5 Å². The zero-order valence-electron chi connectivity index (χ0n) is 15.5. The minimum Gasteiger partial charge on any atom is -0.481 e. The Morgan fingerprint density at radius 1 is 1.24 bits per heavy atom. The maximum atomic E-state index is 10.7. The highest BCUT2D eigenvalue weighted by Gasteiger charge is 2.02. The van der Waals surface area contributed by atoms with Gasteiger partial charge in [0, 0.05) is 9.99 Å². The molecule has 0 aliphatic rings. The van der Waals surface area contributed by atoms with Crippen molar-refractivity contribution in [2.24, 2.45) is 0 Å². The second kappa shape index (κ2) is 14.7.